The van der Waals surface area contributed by atoms with Gasteiger partial charge in [0.25, 0.3) is 0 Å². The summed E-state index contributed by atoms with van der Waals surface area (Å²) in [6.07, 6.45) is 12.3. The third-order valence-electron chi connectivity index (χ3n) is 4.57. The number of fused-ring (bicyclic) bond motifs is 1. The molecule has 0 aliphatic rings. The van der Waals surface area contributed by atoms with Gasteiger partial charge in [-0.2, -0.15) is 0 Å². The summed E-state index contributed by atoms with van der Waals surface area (Å²) in [5.41, 5.74) is 8.45. The van der Waals surface area contributed by atoms with Crippen LogP contribution in [0.2, 0.25) is 0 Å². The van der Waals surface area contributed by atoms with E-state index in [1.54, 1.807) is 0 Å². The van der Waals surface area contributed by atoms with Crippen LogP contribution in [-0.4, -0.2) is 0 Å². The summed E-state index contributed by atoms with van der Waals surface area (Å²) >= 11 is 0. The topological polar surface area (TPSA) is 26.0 Å². The zero-order valence-electron chi connectivity index (χ0n) is 14.1. The molecule has 120 valence electrons. The first-order chi connectivity index (χ1) is 10.8. The summed E-state index contributed by atoms with van der Waals surface area (Å²) in [5.74, 6) is 0. The van der Waals surface area contributed by atoms with Crippen molar-refractivity contribution < 1.29 is 0 Å². The maximum atomic E-state index is 5.74. The first-order valence-electron chi connectivity index (χ1n) is 9.05. The Morgan fingerprint density at radius 3 is 2.27 bits per heavy atom. The second kappa shape index (κ2) is 9.63. The van der Waals surface area contributed by atoms with Crippen LogP contribution < -0.4 is 5.73 Å². The maximum absolute atomic E-state index is 5.74. The van der Waals surface area contributed by atoms with Gasteiger partial charge >= 0.3 is 0 Å². The average Bonchev–Trinajstić information content (AvgIpc) is 2.56. The molecule has 22 heavy (non-hydrogen) atoms. The van der Waals surface area contributed by atoms with E-state index in [1.807, 2.05) is 0 Å². The lowest BCUT2D eigenvalue weighted by Gasteiger charge is -2.08. The minimum Gasteiger partial charge on any atom is -0.326 e. The van der Waals surface area contributed by atoms with Crippen LogP contribution in [0.5, 0.6) is 0 Å². The summed E-state index contributed by atoms with van der Waals surface area (Å²) < 4.78 is 0. The Hall–Kier alpha value is -1.34. The second-order valence-corrected chi connectivity index (χ2v) is 6.40. The van der Waals surface area contributed by atoms with Crippen molar-refractivity contribution in [3.8, 4) is 0 Å². The number of hydrogen-bond acceptors (Lipinski definition) is 1. The molecule has 0 heterocycles. The van der Waals surface area contributed by atoms with E-state index in [0.717, 1.165) is 0 Å². The van der Waals surface area contributed by atoms with Gasteiger partial charge in [0.15, 0.2) is 0 Å². The number of aryl methyl sites for hydroxylation is 1. The molecular weight excluding hydrogens is 266 g/mol. The average molecular weight is 297 g/mol. The van der Waals surface area contributed by atoms with Crippen molar-refractivity contribution in [1.82, 2.24) is 0 Å². The van der Waals surface area contributed by atoms with E-state index in [1.165, 1.54) is 79.7 Å². The third-order valence-corrected chi connectivity index (χ3v) is 4.57. The quantitative estimate of drug-likeness (QED) is 0.536. The van der Waals surface area contributed by atoms with Gasteiger partial charge in [-0.25, -0.2) is 0 Å². The van der Waals surface area contributed by atoms with Crippen LogP contribution in [0.4, 0.5) is 0 Å². The number of rotatable bonds is 10. The SMILES string of the molecule is CCCCCCCCCCc1cccc2cc(CN)ccc12. The number of benzene rings is 2. The first-order valence-corrected chi connectivity index (χ1v) is 9.05. The highest BCUT2D eigenvalue weighted by Gasteiger charge is 2.02. The molecule has 2 rings (SSSR count). The Bertz CT molecular complexity index is 559. The lowest BCUT2D eigenvalue weighted by Crippen LogP contribution is -1.96. The molecule has 0 saturated carbocycles. The zero-order valence-corrected chi connectivity index (χ0v) is 14.1. The Kier molecular flexibility index (Phi) is 7.45. The van der Waals surface area contributed by atoms with Crippen LogP contribution in [-0.2, 0) is 13.0 Å². The van der Waals surface area contributed by atoms with E-state index in [0.29, 0.717) is 6.54 Å². The Morgan fingerprint density at radius 1 is 0.818 bits per heavy atom. The second-order valence-electron chi connectivity index (χ2n) is 6.40. The normalized spacial score (nSPS) is 11.2. The highest BCUT2D eigenvalue weighted by atomic mass is 14.5. The maximum Gasteiger partial charge on any atom is 0.0178 e. The van der Waals surface area contributed by atoms with Gasteiger partial charge in [-0.15, -0.1) is 0 Å². The molecule has 0 radical (unpaired) electrons. The summed E-state index contributed by atoms with van der Waals surface area (Å²) in [4.78, 5) is 0. The van der Waals surface area contributed by atoms with Crippen molar-refractivity contribution in [1.29, 1.82) is 0 Å². The molecule has 2 aromatic rings. The molecule has 2 aromatic carbocycles. The fourth-order valence-corrected chi connectivity index (χ4v) is 3.19. The predicted molar refractivity (Wildman–Crippen MR) is 98.2 cm³/mol. The van der Waals surface area contributed by atoms with E-state index in [2.05, 4.69) is 43.3 Å². The van der Waals surface area contributed by atoms with Crippen LogP contribution >= 0.6 is 0 Å². The first kappa shape index (κ1) is 17.0. The van der Waals surface area contributed by atoms with E-state index >= 15 is 0 Å². The van der Waals surface area contributed by atoms with Crippen molar-refractivity contribution in [2.24, 2.45) is 5.73 Å². The van der Waals surface area contributed by atoms with Gasteiger partial charge in [-0.1, -0.05) is 82.2 Å². The van der Waals surface area contributed by atoms with Gasteiger partial charge in [-0.3, -0.25) is 0 Å². The van der Waals surface area contributed by atoms with Crippen molar-refractivity contribution in [2.45, 2.75) is 71.3 Å². The number of unbranched alkanes of at least 4 members (excludes halogenated alkanes) is 7. The Morgan fingerprint density at radius 2 is 1.55 bits per heavy atom. The number of nitrogens with two attached hydrogens (primary N) is 1. The van der Waals surface area contributed by atoms with Gasteiger partial charge in [-0.05, 0) is 40.8 Å². The molecule has 0 saturated heterocycles. The van der Waals surface area contributed by atoms with Crippen molar-refractivity contribution in [3.05, 3.63) is 47.5 Å². The van der Waals surface area contributed by atoms with E-state index < -0.39 is 0 Å². The standard InChI is InChI=1S/C21H31N/c1-2-3-4-5-6-7-8-9-11-19-12-10-13-20-16-18(17-22)14-15-21(19)20/h10,12-16H,2-9,11,17,22H2,1H3. The molecule has 0 aliphatic carbocycles. The van der Waals surface area contributed by atoms with Crippen molar-refractivity contribution in [3.63, 3.8) is 0 Å². The largest absolute Gasteiger partial charge is 0.326 e. The van der Waals surface area contributed by atoms with Gasteiger partial charge in [0.1, 0.15) is 0 Å². The molecule has 1 nitrogen and oxygen atoms in total. The molecule has 0 unspecified atom stereocenters. The van der Waals surface area contributed by atoms with Crippen molar-refractivity contribution >= 4 is 10.8 Å². The fraction of sp³-hybridized carbons (Fsp3) is 0.524. The molecule has 0 aromatic heterocycles. The highest BCUT2D eigenvalue weighted by Crippen LogP contribution is 2.22. The smallest absolute Gasteiger partial charge is 0.0178 e. The molecule has 0 spiro atoms. The lowest BCUT2D eigenvalue weighted by molar-refractivity contribution is 0.576. The van der Waals surface area contributed by atoms with Gasteiger partial charge < -0.3 is 5.73 Å². The van der Waals surface area contributed by atoms with Crippen molar-refractivity contribution in [2.75, 3.05) is 0 Å². The minimum atomic E-state index is 0.623. The van der Waals surface area contributed by atoms with Gasteiger partial charge in [0.2, 0.25) is 0 Å². The van der Waals surface area contributed by atoms with Crippen LogP contribution in [0.15, 0.2) is 36.4 Å². The van der Waals surface area contributed by atoms with Crippen LogP contribution in [0.25, 0.3) is 10.8 Å². The molecule has 0 aliphatic heterocycles. The molecule has 2 N–H and O–H groups in total. The Labute approximate surface area is 135 Å². The Balaban J connectivity index is 1.79. The lowest BCUT2D eigenvalue weighted by atomic mass is 9.97. The van der Waals surface area contributed by atoms with Gasteiger partial charge in [0.05, 0.1) is 0 Å². The summed E-state index contributed by atoms with van der Waals surface area (Å²) in [7, 11) is 0. The van der Waals surface area contributed by atoms with E-state index in [-0.39, 0.29) is 0 Å². The van der Waals surface area contributed by atoms with Crippen LogP contribution in [0.3, 0.4) is 0 Å². The van der Waals surface area contributed by atoms with Gasteiger partial charge in [0, 0.05) is 6.54 Å². The molecular formula is C21H31N. The minimum absolute atomic E-state index is 0.623. The molecule has 0 amide bonds. The summed E-state index contributed by atoms with van der Waals surface area (Å²) in [6, 6.07) is 13.3. The fourth-order valence-electron chi connectivity index (χ4n) is 3.19. The molecule has 0 atom stereocenters. The molecule has 0 fully saturated rings. The summed E-state index contributed by atoms with van der Waals surface area (Å²) in [6.45, 7) is 2.90. The third kappa shape index (κ3) is 5.14. The number of hydrogen-bond donors (Lipinski definition) is 1. The van der Waals surface area contributed by atoms with E-state index in [9.17, 15) is 0 Å². The zero-order chi connectivity index (χ0) is 15.6. The summed E-state index contributed by atoms with van der Waals surface area (Å²) in [5, 5.41) is 2.74. The van der Waals surface area contributed by atoms with Crippen LogP contribution in [0, 0.1) is 0 Å². The predicted octanol–water partition coefficient (Wildman–Crippen LogP) is 5.98. The molecule has 1 heteroatoms. The van der Waals surface area contributed by atoms with Crippen LogP contribution in [0.1, 0.15) is 69.4 Å². The monoisotopic (exact) mass is 297 g/mol. The molecule has 0 bridgehead atoms. The van der Waals surface area contributed by atoms with E-state index in [4.69, 9.17) is 5.73 Å². The highest BCUT2D eigenvalue weighted by molar-refractivity contribution is 5.86.